The third-order valence-corrected chi connectivity index (χ3v) is 4.64. The maximum Gasteiger partial charge on any atom is 0.345 e. The van der Waals surface area contributed by atoms with Gasteiger partial charge in [0.1, 0.15) is 4.88 Å². The number of thiophene rings is 1. The quantitative estimate of drug-likeness (QED) is 0.588. The molecule has 1 aromatic rings. The number of nitrogens with one attached hydrogen (secondary N) is 1. The fourth-order valence-electron chi connectivity index (χ4n) is 1.21. The lowest BCUT2D eigenvalue weighted by Gasteiger charge is -2.03. The maximum absolute atomic E-state index is 11.8. The van der Waals surface area contributed by atoms with Crippen molar-refractivity contribution >= 4 is 27.3 Å². The minimum atomic E-state index is -3.61. The van der Waals surface area contributed by atoms with E-state index in [0.717, 1.165) is 23.8 Å². The van der Waals surface area contributed by atoms with E-state index in [1.807, 2.05) is 0 Å². The standard InChI is InChI=1S/C11H13NO4S2/c1-2-3-4-5-6-12-18(15,16)9-7-10(11(13)14)17-8-9/h1,7-8,12H,3-6H2,(H,13,14). The van der Waals surface area contributed by atoms with Gasteiger partial charge in [0.2, 0.25) is 10.0 Å². The van der Waals surface area contributed by atoms with Crippen molar-refractivity contribution in [3.63, 3.8) is 0 Å². The van der Waals surface area contributed by atoms with Crippen molar-refractivity contribution in [2.24, 2.45) is 0 Å². The molecule has 0 bridgehead atoms. The minimum Gasteiger partial charge on any atom is -0.477 e. The summed E-state index contributed by atoms with van der Waals surface area (Å²) in [6.45, 7) is 0.294. The van der Waals surface area contributed by atoms with Crippen LogP contribution in [0, 0.1) is 12.3 Å². The van der Waals surface area contributed by atoms with Gasteiger partial charge in [-0.1, -0.05) is 0 Å². The van der Waals surface area contributed by atoms with Gasteiger partial charge in [-0.2, -0.15) is 0 Å². The number of carbonyl (C=O) groups is 1. The first-order chi connectivity index (χ1) is 8.47. The van der Waals surface area contributed by atoms with E-state index < -0.39 is 16.0 Å². The molecule has 0 saturated carbocycles. The Morgan fingerprint density at radius 1 is 1.50 bits per heavy atom. The molecule has 1 rings (SSSR count). The van der Waals surface area contributed by atoms with Crippen molar-refractivity contribution in [3.8, 4) is 12.3 Å². The monoisotopic (exact) mass is 287 g/mol. The lowest BCUT2D eigenvalue weighted by Crippen LogP contribution is -2.24. The number of carboxylic acid groups (broad SMARTS) is 1. The Morgan fingerprint density at radius 2 is 2.22 bits per heavy atom. The first-order valence-corrected chi connectivity index (χ1v) is 7.58. The van der Waals surface area contributed by atoms with Gasteiger partial charge in [0.15, 0.2) is 0 Å². The van der Waals surface area contributed by atoms with Crippen LogP contribution >= 0.6 is 11.3 Å². The van der Waals surface area contributed by atoms with Crippen LogP contribution in [0.2, 0.25) is 0 Å². The number of sulfonamides is 1. The molecular formula is C11H13NO4S2. The van der Waals surface area contributed by atoms with Gasteiger partial charge in [-0.15, -0.1) is 23.7 Å². The van der Waals surface area contributed by atoms with Crippen LogP contribution in [-0.2, 0) is 10.0 Å². The van der Waals surface area contributed by atoms with Gasteiger partial charge in [0.25, 0.3) is 0 Å². The van der Waals surface area contributed by atoms with Crippen molar-refractivity contribution in [3.05, 3.63) is 16.3 Å². The maximum atomic E-state index is 11.8. The second-order valence-electron chi connectivity index (χ2n) is 3.51. The average Bonchev–Trinajstić information content (AvgIpc) is 2.78. The number of hydrogen-bond acceptors (Lipinski definition) is 4. The first-order valence-electron chi connectivity index (χ1n) is 5.22. The summed E-state index contributed by atoms with van der Waals surface area (Å²) in [5.41, 5.74) is 0. The van der Waals surface area contributed by atoms with Crippen molar-refractivity contribution in [2.75, 3.05) is 6.54 Å². The van der Waals surface area contributed by atoms with E-state index in [1.54, 1.807) is 0 Å². The summed E-state index contributed by atoms with van der Waals surface area (Å²) < 4.78 is 25.9. The number of rotatable bonds is 7. The molecule has 18 heavy (non-hydrogen) atoms. The fraction of sp³-hybridized carbons (Fsp3) is 0.364. The van der Waals surface area contributed by atoms with Gasteiger partial charge in [0.05, 0.1) is 4.90 Å². The van der Waals surface area contributed by atoms with Crippen LogP contribution in [0.4, 0.5) is 0 Å². The van der Waals surface area contributed by atoms with Gasteiger partial charge in [-0.05, 0) is 18.9 Å². The normalized spacial score (nSPS) is 11.1. The zero-order chi connectivity index (χ0) is 13.6. The molecule has 0 fully saturated rings. The third kappa shape index (κ3) is 4.14. The summed E-state index contributed by atoms with van der Waals surface area (Å²) in [6, 6.07) is 1.15. The topological polar surface area (TPSA) is 83.5 Å². The van der Waals surface area contributed by atoms with Crippen molar-refractivity contribution in [2.45, 2.75) is 24.2 Å². The molecule has 1 aromatic heterocycles. The smallest absolute Gasteiger partial charge is 0.345 e. The molecule has 0 aliphatic carbocycles. The van der Waals surface area contributed by atoms with E-state index in [4.69, 9.17) is 11.5 Å². The largest absolute Gasteiger partial charge is 0.477 e. The molecule has 0 radical (unpaired) electrons. The van der Waals surface area contributed by atoms with E-state index in [1.165, 1.54) is 5.38 Å². The Balaban J connectivity index is 2.58. The van der Waals surface area contributed by atoms with Crippen LogP contribution in [0.1, 0.15) is 28.9 Å². The Labute approximate surface area is 110 Å². The van der Waals surface area contributed by atoms with E-state index in [2.05, 4.69) is 10.6 Å². The molecule has 1 heterocycles. The average molecular weight is 287 g/mol. The van der Waals surface area contributed by atoms with Crippen LogP contribution in [0.25, 0.3) is 0 Å². The molecule has 0 aliphatic rings. The molecule has 0 aromatic carbocycles. The summed E-state index contributed by atoms with van der Waals surface area (Å²) in [4.78, 5) is 10.6. The molecule has 0 amide bonds. The molecule has 5 nitrogen and oxygen atoms in total. The second-order valence-corrected chi connectivity index (χ2v) is 6.19. The predicted octanol–water partition coefficient (Wildman–Crippen LogP) is 1.53. The Kier molecular flexibility index (Phi) is 5.34. The van der Waals surface area contributed by atoms with E-state index in [9.17, 15) is 13.2 Å². The van der Waals surface area contributed by atoms with Gasteiger partial charge in [-0.3, -0.25) is 0 Å². The summed E-state index contributed by atoms with van der Waals surface area (Å²) >= 11 is 0.887. The molecular weight excluding hydrogens is 274 g/mol. The molecule has 0 spiro atoms. The summed E-state index contributed by atoms with van der Waals surface area (Å²) in [5.74, 6) is 1.34. The number of terminal acetylenes is 1. The molecule has 0 saturated heterocycles. The highest BCUT2D eigenvalue weighted by Gasteiger charge is 2.17. The van der Waals surface area contributed by atoms with Gasteiger partial charge < -0.3 is 5.11 Å². The summed E-state index contributed by atoms with van der Waals surface area (Å²) in [6.07, 6.45) is 7.10. The number of aromatic carboxylic acids is 1. The van der Waals surface area contributed by atoms with Gasteiger partial charge in [-0.25, -0.2) is 17.9 Å². The lowest BCUT2D eigenvalue weighted by molar-refractivity contribution is 0.0702. The number of unbranched alkanes of at least 4 members (excludes halogenated alkanes) is 2. The Morgan fingerprint density at radius 3 is 2.78 bits per heavy atom. The molecule has 0 unspecified atom stereocenters. The zero-order valence-corrected chi connectivity index (χ0v) is 11.2. The van der Waals surface area contributed by atoms with Crippen molar-refractivity contribution < 1.29 is 18.3 Å². The van der Waals surface area contributed by atoms with Gasteiger partial charge >= 0.3 is 5.97 Å². The molecule has 7 heteroatoms. The fourth-order valence-corrected chi connectivity index (χ4v) is 3.40. The van der Waals surface area contributed by atoms with Crippen LogP contribution in [0.5, 0.6) is 0 Å². The minimum absolute atomic E-state index is 0.00251. The van der Waals surface area contributed by atoms with Crippen LogP contribution in [0.3, 0.4) is 0 Å². The molecule has 2 N–H and O–H groups in total. The summed E-state index contributed by atoms with van der Waals surface area (Å²) in [7, 11) is -3.61. The molecule has 98 valence electrons. The highest BCUT2D eigenvalue weighted by Crippen LogP contribution is 2.19. The first kappa shape index (κ1) is 14.7. The van der Waals surface area contributed by atoms with Crippen molar-refractivity contribution in [1.82, 2.24) is 4.72 Å². The van der Waals surface area contributed by atoms with E-state index >= 15 is 0 Å². The van der Waals surface area contributed by atoms with Crippen LogP contribution in [0.15, 0.2) is 16.3 Å². The number of carboxylic acids is 1. The SMILES string of the molecule is C#CCCCCNS(=O)(=O)c1csc(C(=O)O)c1. The number of hydrogen-bond donors (Lipinski definition) is 2. The van der Waals surface area contributed by atoms with Crippen LogP contribution in [-0.4, -0.2) is 26.0 Å². The Hall–Kier alpha value is -1.36. The highest BCUT2D eigenvalue weighted by atomic mass is 32.2. The van der Waals surface area contributed by atoms with Crippen LogP contribution < -0.4 is 4.72 Å². The third-order valence-electron chi connectivity index (χ3n) is 2.14. The zero-order valence-electron chi connectivity index (χ0n) is 9.55. The van der Waals surface area contributed by atoms with Gasteiger partial charge in [0, 0.05) is 18.3 Å². The summed E-state index contributed by atoms with van der Waals surface area (Å²) in [5, 5.41) is 10.0. The van der Waals surface area contributed by atoms with Crippen molar-refractivity contribution in [1.29, 1.82) is 0 Å². The lowest BCUT2D eigenvalue weighted by atomic mass is 10.2. The van der Waals surface area contributed by atoms with E-state index in [-0.39, 0.29) is 9.77 Å². The molecule has 0 aliphatic heterocycles. The van der Waals surface area contributed by atoms with E-state index in [0.29, 0.717) is 19.4 Å². The molecule has 0 atom stereocenters. The predicted molar refractivity (Wildman–Crippen MR) is 69.2 cm³/mol. The highest BCUT2D eigenvalue weighted by molar-refractivity contribution is 7.89. The Bertz CT molecular complexity index is 554. The second kappa shape index (κ2) is 6.54.